The molecule has 19 heavy (non-hydrogen) atoms. The van der Waals surface area contributed by atoms with Crippen molar-refractivity contribution in [2.75, 3.05) is 13.7 Å². The van der Waals surface area contributed by atoms with Gasteiger partial charge in [0.2, 0.25) is 10.0 Å². The summed E-state index contributed by atoms with van der Waals surface area (Å²) < 4.78 is 43.0. The number of hydrogen-bond acceptors (Lipinski definition) is 3. The van der Waals surface area contributed by atoms with Gasteiger partial charge in [0.05, 0.1) is 0 Å². The molecular weight excluding hydrogens is 271 g/mol. The average Bonchev–Trinajstić information content (AvgIpc) is 2.67. The van der Waals surface area contributed by atoms with Crippen molar-refractivity contribution in [1.29, 1.82) is 0 Å². The Balaban J connectivity index is 2.54. The number of benzene rings is 1. The fourth-order valence-electron chi connectivity index (χ4n) is 2.03. The summed E-state index contributed by atoms with van der Waals surface area (Å²) >= 11 is 0. The van der Waals surface area contributed by atoms with E-state index in [9.17, 15) is 12.8 Å². The SMILES string of the molecule is COCCCn1cc(S(N)(=O)=O)c2cc(F)ccc21. The Morgan fingerprint density at radius 2 is 2.16 bits per heavy atom. The lowest BCUT2D eigenvalue weighted by atomic mass is 10.2. The van der Waals surface area contributed by atoms with Gasteiger partial charge in [-0.3, -0.25) is 0 Å². The maximum absolute atomic E-state index is 13.3. The van der Waals surface area contributed by atoms with Gasteiger partial charge in [-0.2, -0.15) is 0 Å². The van der Waals surface area contributed by atoms with Crippen molar-refractivity contribution in [2.24, 2.45) is 5.14 Å². The summed E-state index contributed by atoms with van der Waals surface area (Å²) in [7, 11) is -2.28. The molecular formula is C12H15FN2O3S. The molecule has 0 unspecified atom stereocenters. The van der Waals surface area contributed by atoms with E-state index >= 15 is 0 Å². The van der Waals surface area contributed by atoms with Gasteiger partial charge in [-0.1, -0.05) is 0 Å². The second kappa shape index (κ2) is 5.28. The Hall–Kier alpha value is -1.44. The van der Waals surface area contributed by atoms with Crippen LogP contribution in [-0.4, -0.2) is 26.7 Å². The number of methoxy groups -OCH3 is 1. The van der Waals surface area contributed by atoms with E-state index in [-0.39, 0.29) is 4.90 Å². The molecule has 0 saturated carbocycles. The van der Waals surface area contributed by atoms with E-state index in [4.69, 9.17) is 9.88 Å². The number of primary sulfonamides is 1. The molecule has 1 heterocycles. The Morgan fingerprint density at radius 3 is 2.79 bits per heavy atom. The number of rotatable bonds is 5. The fraction of sp³-hybridized carbons (Fsp3) is 0.333. The largest absolute Gasteiger partial charge is 0.385 e. The second-order valence-corrected chi connectivity index (χ2v) is 5.77. The van der Waals surface area contributed by atoms with Crippen LogP contribution in [0.15, 0.2) is 29.3 Å². The van der Waals surface area contributed by atoms with Crippen LogP contribution in [0, 0.1) is 5.82 Å². The van der Waals surface area contributed by atoms with Crippen molar-refractivity contribution in [3.05, 3.63) is 30.2 Å². The minimum absolute atomic E-state index is 0.0561. The standard InChI is InChI=1S/C12H15FN2O3S/c1-18-6-2-5-15-8-12(19(14,16)17)10-7-9(13)3-4-11(10)15/h3-4,7-8H,2,5-6H2,1H3,(H2,14,16,17). The van der Waals surface area contributed by atoms with Crippen LogP contribution in [0.1, 0.15) is 6.42 Å². The van der Waals surface area contributed by atoms with Crippen molar-refractivity contribution in [3.8, 4) is 0 Å². The number of nitrogens with zero attached hydrogens (tertiary/aromatic N) is 1. The zero-order chi connectivity index (χ0) is 14.0. The first kappa shape index (κ1) is 14.0. The summed E-state index contributed by atoms with van der Waals surface area (Å²) in [6.45, 7) is 1.14. The van der Waals surface area contributed by atoms with E-state index in [1.165, 1.54) is 18.3 Å². The van der Waals surface area contributed by atoms with Gasteiger partial charge in [-0.15, -0.1) is 0 Å². The molecule has 0 saturated heterocycles. The van der Waals surface area contributed by atoms with Gasteiger partial charge < -0.3 is 9.30 Å². The molecule has 0 aliphatic rings. The molecule has 0 aliphatic carbocycles. The predicted molar refractivity (Wildman–Crippen MR) is 69.8 cm³/mol. The van der Waals surface area contributed by atoms with E-state index in [2.05, 4.69) is 0 Å². The molecule has 7 heteroatoms. The van der Waals surface area contributed by atoms with Gasteiger partial charge in [-0.05, 0) is 24.6 Å². The van der Waals surface area contributed by atoms with Gasteiger partial charge in [-0.25, -0.2) is 17.9 Å². The molecule has 2 rings (SSSR count). The molecule has 0 radical (unpaired) electrons. The summed E-state index contributed by atoms with van der Waals surface area (Å²) in [6.07, 6.45) is 2.16. The number of fused-ring (bicyclic) bond motifs is 1. The number of aromatic nitrogens is 1. The monoisotopic (exact) mass is 286 g/mol. The van der Waals surface area contributed by atoms with Crippen molar-refractivity contribution < 1.29 is 17.5 Å². The van der Waals surface area contributed by atoms with Gasteiger partial charge in [0.25, 0.3) is 0 Å². The normalized spacial score (nSPS) is 12.2. The van der Waals surface area contributed by atoms with Crippen LogP contribution in [0.3, 0.4) is 0 Å². The molecule has 5 nitrogen and oxygen atoms in total. The summed E-state index contributed by atoms with van der Waals surface area (Å²) in [5, 5.41) is 5.46. The van der Waals surface area contributed by atoms with Crippen LogP contribution < -0.4 is 5.14 Å². The number of hydrogen-bond donors (Lipinski definition) is 1. The number of nitrogens with two attached hydrogens (primary N) is 1. The fourth-order valence-corrected chi connectivity index (χ4v) is 2.77. The van der Waals surface area contributed by atoms with Crippen LogP contribution >= 0.6 is 0 Å². The summed E-state index contributed by atoms with van der Waals surface area (Å²) in [5.41, 5.74) is 0.640. The molecule has 0 bridgehead atoms. The molecule has 0 atom stereocenters. The van der Waals surface area contributed by atoms with Crippen molar-refractivity contribution in [1.82, 2.24) is 4.57 Å². The molecule has 2 aromatic rings. The van der Waals surface area contributed by atoms with Gasteiger partial charge in [0, 0.05) is 37.4 Å². The third kappa shape index (κ3) is 2.94. The zero-order valence-corrected chi connectivity index (χ0v) is 11.3. The molecule has 2 N–H and O–H groups in total. The van der Waals surface area contributed by atoms with E-state index in [0.717, 1.165) is 6.42 Å². The third-order valence-electron chi connectivity index (χ3n) is 2.86. The predicted octanol–water partition coefficient (Wildman–Crippen LogP) is 1.46. The third-order valence-corrected chi connectivity index (χ3v) is 3.80. The highest BCUT2D eigenvalue weighted by atomic mass is 32.2. The summed E-state index contributed by atoms with van der Waals surface area (Å²) in [5.74, 6) is -0.493. The molecule has 104 valence electrons. The maximum atomic E-state index is 13.3. The highest BCUT2D eigenvalue weighted by Crippen LogP contribution is 2.25. The van der Waals surface area contributed by atoms with Gasteiger partial charge in [0.1, 0.15) is 10.7 Å². The first-order valence-electron chi connectivity index (χ1n) is 5.73. The Bertz CT molecular complexity index is 694. The second-order valence-electron chi connectivity index (χ2n) is 4.24. The van der Waals surface area contributed by atoms with Crippen LogP contribution in [0.5, 0.6) is 0 Å². The van der Waals surface area contributed by atoms with Crippen LogP contribution in [0.2, 0.25) is 0 Å². The zero-order valence-electron chi connectivity index (χ0n) is 10.5. The molecule has 0 spiro atoms. The lowest BCUT2D eigenvalue weighted by Gasteiger charge is -2.04. The lowest BCUT2D eigenvalue weighted by molar-refractivity contribution is 0.190. The number of ether oxygens (including phenoxy) is 1. The van der Waals surface area contributed by atoms with Crippen molar-refractivity contribution in [3.63, 3.8) is 0 Å². The van der Waals surface area contributed by atoms with Crippen LogP contribution in [-0.2, 0) is 21.3 Å². The molecule has 1 aromatic heterocycles. The van der Waals surface area contributed by atoms with Gasteiger partial charge in [0.15, 0.2) is 0 Å². The summed E-state index contributed by atoms with van der Waals surface area (Å²) in [6, 6.07) is 4.02. The minimum Gasteiger partial charge on any atom is -0.385 e. The first-order chi connectivity index (χ1) is 8.93. The van der Waals surface area contributed by atoms with E-state index in [1.54, 1.807) is 17.7 Å². The number of aryl methyl sites for hydroxylation is 1. The average molecular weight is 286 g/mol. The molecule has 0 aliphatic heterocycles. The minimum atomic E-state index is -3.87. The van der Waals surface area contributed by atoms with Crippen LogP contribution in [0.25, 0.3) is 10.9 Å². The molecule has 0 amide bonds. The molecule has 0 fully saturated rings. The highest BCUT2D eigenvalue weighted by molar-refractivity contribution is 7.89. The topological polar surface area (TPSA) is 74.3 Å². The number of sulfonamides is 1. The molecule has 1 aromatic carbocycles. The maximum Gasteiger partial charge on any atom is 0.240 e. The quantitative estimate of drug-likeness (QED) is 0.846. The highest BCUT2D eigenvalue weighted by Gasteiger charge is 2.17. The number of halogens is 1. The Labute approximate surface area is 110 Å². The summed E-state index contributed by atoms with van der Waals surface area (Å²) in [4.78, 5) is -0.0561. The van der Waals surface area contributed by atoms with Gasteiger partial charge >= 0.3 is 0 Å². The Kier molecular flexibility index (Phi) is 3.88. The van der Waals surface area contributed by atoms with E-state index in [1.807, 2.05) is 0 Å². The lowest BCUT2D eigenvalue weighted by Crippen LogP contribution is -2.11. The smallest absolute Gasteiger partial charge is 0.240 e. The Morgan fingerprint density at radius 1 is 1.42 bits per heavy atom. The van der Waals surface area contributed by atoms with Crippen molar-refractivity contribution in [2.45, 2.75) is 17.9 Å². The first-order valence-corrected chi connectivity index (χ1v) is 7.28. The van der Waals surface area contributed by atoms with E-state index in [0.29, 0.717) is 24.1 Å². The van der Waals surface area contributed by atoms with Crippen molar-refractivity contribution >= 4 is 20.9 Å². The van der Waals surface area contributed by atoms with E-state index < -0.39 is 15.8 Å². The van der Waals surface area contributed by atoms with Crippen LogP contribution in [0.4, 0.5) is 4.39 Å².